The predicted octanol–water partition coefficient (Wildman–Crippen LogP) is 4.51. The molecule has 0 atom stereocenters. The number of benzene rings is 2. The summed E-state index contributed by atoms with van der Waals surface area (Å²) in [5.74, 6) is -1.26. The van der Waals surface area contributed by atoms with Gasteiger partial charge in [-0.2, -0.15) is 4.39 Å². The number of rotatable bonds is 1. The van der Waals surface area contributed by atoms with Crippen molar-refractivity contribution in [3.8, 4) is 16.9 Å². The molecule has 118 valence electrons. The van der Waals surface area contributed by atoms with Crippen molar-refractivity contribution in [1.82, 2.24) is 5.32 Å². The summed E-state index contributed by atoms with van der Waals surface area (Å²) in [6.07, 6.45) is 1.41. The van der Waals surface area contributed by atoms with Crippen molar-refractivity contribution in [3.63, 3.8) is 0 Å². The molecule has 0 radical (unpaired) electrons. The summed E-state index contributed by atoms with van der Waals surface area (Å²) in [5.41, 5.74) is 2.25. The van der Waals surface area contributed by atoms with Gasteiger partial charge in [0.15, 0.2) is 11.4 Å². The highest BCUT2D eigenvalue weighted by atomic mass is 35.5. The average molecular weight is 336 g/mol. The molecular formula is C17H12ClF2NO2. The molecule has 1 aromatic heterocycles. The molecule has 4 rings (SSSR count). The Hall–Kier alpha value is -2.11. The summed E-state index contributed by atoms with van der Waals surface area (Å²) in [5, 5.41) is 4.23. The van der Waals surface area contributed by atoms with Crippen molar-refractivity contribution < 1.29 is 17.9 Å². The van der Waals surface area contributed by atoms with Crippen LogP contribution in [-0.4, -0.2) is 13.2 Å². The van der Waals surface area contributed by atoms with Crippen LogP contribution in [0.5, 0.6) is 5.75 Å². The van der Waals surface area contributed by atoms with E-state index in [4.69, 9.17) is 20.8 Å². The van der Waals surface area contributed by atoms with E-state index in [0.717, 1.165) is 23.7 Å². The van der Waals surface area contributed by atoms with Crippen molar-refractivity contribution >= 4 is 22.6 Å². The zero-order valence-electron chi connectivity index (χ0n) is 12.0. The lowest BCUT2D eigenvalue weighted by Crippen LogP contribution is -2.16. The van der Waals surface area contributed by atoms with Crippen molar-refractivity contribution in [2.45, 2.75) is 6.54 Å². The highest BCUT2D eigenvalue weighted by Crippen LogP contribution is 2.39. The summed E-state index contributed by atoms with van der Waals surface area (Å²) in [4.78, 5) is 0. The first kappa shape index (κ1) is 14.5. The SMILES string of the molecule is Fc1ccc2c(-c3cc(Cl)c4c(c3)CNCCO4)coc2c1F. The van der Waals surface area contributed by atoms with E-state index < -0.39 is 11.6 Å². The minimum atomic E-state index is -0.986. The van der Waals surface area contributed by atoms with E-state index >= 15 is 0 Å². The van der Waals surface area contributed by atoms with Crippen molar-refractivity contribution in [2.24, 2.45) is 0 Å². The highest BCUT2D eigenvalue weighted by Gasteiger charge is 2.19. The Kier molecular flexibility index (Phi) is 3.47. The quantitative estimate of drug-likeness (QED) is 0.710. The Bertz CT molecular complexity index is 907. The van der Waals surface area contributed by atoms with Crippen LogP contribution in [0.25, 0.3) is 22.1 Å². The number of halogens is 3. The van der Waals surface area contributed by atoms with E-state index in [-0.39, 0.29) is 5.58 Å². The van der Waals surface area contributed by atoms with Gasteiger partial charge >= 0.3 is 0 Å². The second-order valence-corrected chi connectivity index (χ2v) is 5.77. The smallest absolute Gasteiger partial charge is 0.201 e. The largest absolute Gasteiger partial charge is 0.490 e. The van der Waals surface area contributed by atoms with E-state index in [1.807, 2.05) is 6.07 Å². The number of hydrogen-bond donors (Lipinski definition) is 1. The maximum atomic E-state index is 13.8. The summed E-state index contributed by atoms with van der Waals surface area (Å²) in [6, 6.07) is 6.26. The zero-order valence-corrected chi connectivity index (χ0v) is 12.7. The van der Waals surface area contributed by atoms with Gasteiger partial charge in [-0.05, 0) is 29.8 Å². The third-order valence-corrected chi connectivity index (χ3v) is 4.19. The number of fused-ring (bicyclic) bond motifs is 2. The molecule has 0 aliphatic carbocycles. The molecule has 1 N–H and O–H groups in total. The molecule has 0 amide bonds. The summed E-state index contributed by atoms with van der Waals surface area (Å²) in [7, 11) is 0. The van der Waals surface area contributed by atoms with Crippen LogP contribution in [0.3, 0.4) is 0 Å². The van der Waals surface area contributed by atoms with Crippen molar-refractivity contribution in [3.05, 3.63) is 52.7 Å². The van der Waals surface area contributed by atoms with Gasteiger partial charge in [0.2, 0.25) is 5.82 Å². The summed E-state index contributed by atoms with van der Waals surface area (Å²) in [6.45, 7) is 1.91. The molecule has 3 nitrogen and oxygen atoms in total. The zero-order chi connectivity index (χ0) is 16.0. The molecule has 2 heterocycles. The second-order valence-electron chi connectivity index (χ2n) is 5.36. The van der Waals surface area contributed by atoms with Gasteiger partial charge in [-0.1, -0.05) is 11.6 Å². The highest BCUT2D eigenvalue weighted by molar-refractivity contribution is 6.32. The molecule has 0 fully saturated rings. The van der Waals surface area contributed by atoms with Crippen LogP contribution < -0.4 is 10.1 Å². The van der Waals surface area contributed by atoms with Crippen LogP contribution in [-0.2, 0) is 6.54 Å². The average Bonchev–Trinajstić information content (AvgIpc) is 2.82. The fraction of sp³-hybridized carbons (Fsp3) is 0.176. The van der Waals surface area contributed by atoms with Crippen LogP contribution in [0, 0.1) is 11.6 Å². The van der Waals surface area contributed by atoms with Crippen molar-refractivity contribution in [2.75, 3.05) is 13.2 Å². The van der Waals surface area contributed by atoms with E-state index in [1.54, 1.807) is 6.07 Å². The monoisotopic (exact) mass is 335 g/mol. The van der Waals surface area contributed by atoms with Gasteiger partial charge in [0.1, 0.15) is 12.4 Å². The van der Waals surface area contributed by atoms with Gasteiger partial charge in [-0.3, -0.25) is 0 Å². The molecule has 0 saturated carbocycles. The molecular weight excluding hydrogens is 324 g/mol. The molecule has 6 heteroatoms. The lowest BCUT2D eigenvalue weighted by atomic mass is 10.0. The van der Waals surface area contributed by atoms with Gasteiger partial charge in [-0.15, -0.1) is 0 Å². The first-order valence-corrected chi connectivity index (χ1v) is 7.54. The molecule has 1 aliphatic rings. The van der Waals surface area contributed by atoms with Crippen LogP contribution in [0.15, 0.2) is 34.9 Å². The van der Waals surface area contributed by atoms with E-state index in [9.17, 15) is 8.78 Å². The minimum absolute atomic E-state index is 0.0968. The maximum Gasteiger partial charge on any atom is 0.201 e. The third kappa shape index (κ3) is 2.36. The van der Waals surface area contributed by atoms with Crippen LogP contribution >= 0.6 is 11.6 Å². The molecule has 0 spiro atoms. The van der Waals surface area contributed by atoms with Crippen LogP contribution in [0.4, 0.5) is 8.78 Å². The van der Waals surface area contributed by atoms with Gasteiger partial charge in [0, 0.05) is 29.6 Å². The Labute approximate surface area is 135 Å². The maximum absolute atomic E-state index is 13.8. The molecule has 23 heavy (non-hydrogen) atoms. The predicted molar refractivity (Wildman–Crippen MR) is 83.8 cm³/mol. The molecule has 0 bridgehead atoms. The van der Waals surface area contributed by atoms with E-state index in [2.05, 4.69) is 5.32 Å². The number of hydrogen-bond acceptors (Lipinski definition) is 3. The Morgan fingerprint density at radius 1 is 1.17 bits per heavy atom. The fourth-order valence-corrected chi connectivity index (χ4v) is 3.10. The molecule has 1 aliphatic heterocycles. The second kappa shape index (κ2) is 5.51. The number of ether oxygens (including phenoxy) is 1. The Morgan fingerprint density at radius 2 is 2.04 bits per heavy atom. The van der Waals surface area contributed by atoms with Gasteiger partial charge < -0.3 is 14.5 Å². The topological polar surface area (TPSA) is 34.4 Å². The molecule has 3 aromatic rings. The normalized spacial score (nSPS) is 14.4. The van der Waals surface area contributed by atoms with Gasteiger partial charge in [0.25, 0.3) is 0 Å². The Balaban J connectivity index is 1.90. The molecule has 2 aromatic carbocycles. The standard InChI is InChI=1S/C17H12ClF2NO2/c18-13-6-9(5-10-7-21-3-4-22-16(10)13)12-8-23-17-11(12)1-2-14(19)15(17)20/h1-2,5-6,8,21H,3-4,7H2. The third-order valence-electron chi connectivity index (χ3n) is 3.91. The van der Waals surface area contributed by atoms with Crippen molar-refractivity contribution in [1.29, 1.82) is 0 Å². The first-order valence-electron chi connectivity index (χ1n) is 7.16. The number of furan rings is 1. The van der Waals surface area contributed by atoms with E-state index in [0.29, 0.717) is 34.9 Å². The number of nitrogens with one attached hydrogen (secondary N) is 1. The Morgan fingerprint density at radius 3 is 2.91 bits per heavy atom. The first-order chi connectivity index (χ1) is 11.1. The minimum Gasteiger partial charge on any atom is -0.490 e. The van der Waals surface area contributed by atoms with E-state index in [1.165, 1.54) is 12.3 Å². The lowest BCUT2D eigenvalue weighted by molar-refractivity contribution is 0.326. The van der Waals surface area contributed by atoms with Gasteiger partial charge in [0.05, 0.1) is 11.3 Å². The summed E-state index contributed by atoms with van der Waals surface area (Å²) < 4.78 is 38.0. The molecule has 0 saturated heterocycles. The van der Waals surface area contributed by atoms with Crippen LogP contribution in [0.1, 0.15) is 5.56 Å². The fourth-order valence-electron chi connectivity index (χ4n) is 2.81. The van der Waals surface area contributed by atoms with Gasteiger partial charge in [-0.25, -0.2) is 4.39 Å². The summed E-state index contributed by atoms with van der Waals surface area (Å²) >= 11 is 6.33. The van der Waals surface area contributed by atoms with Crippen LogP contribution in [0.2, 0.25) is 5.02 Å². The molecule has 0 unspecified atom stereocenters. The lowest BCUT2D eigenvalue weighted by Gasteiger charge is -2.11.